The summed E-state index contributed by atoms with van der Waals surface area (Å²) in [5.41, 5.74) is 2.39. The Balaban J connectivity index is 1.64. The van der Waals surface area contributed by atoms with Gasteiger partial charge in [0.15, 0.2) is 0 Å². The van der Waals surface area contributed by atoms with E-state index in [0.29, 0.717) is 0 Å². The van der Waals surface area contributed by atoms with Gasteiger partial charge in [-0.05, 0) is 48.7 Å². The molecule has 0 atom stereocenters. The second-order valence-electron chi connectivity index (χ2n) is 6.52. The van der Waals surface area contributed by atoms with Gasteiger partial charge in [0.1, 0.15) is 0 Å². The quantitative estimate of drug-likeness (QED) is 0.358. The predicted molar refractivity (Wildman–Crippen MR) is 110 cm³/mol. The molecule has 0 bridgehead atoms. The fraction of sp³-hybridized carbons (Fsp3) is 0.400. The number of non-ortho nitro benzene ring substituents is 1. The lowest BCUT2D eigenvalue weighted by Crippen LogP contribution is -2.36. The van der Waals surface area contributed by atoms with Gasteiger partial charge in [-0.25, -0.2) is 0 Å². The molecule has 2 aromatic rings. The molecule has 1 heterocycles. The minimum absolute atomic E-state index is 0.159. The van der Waals surface area contributed by atoms with Crippen LogP contribution in [0.4, 0.5) is 5.69 Å². The summed E-state index contributed by atoms with van der Waals surface area (Å²) in [4.78, 5) is 14.3. The number of nitrogens with zero attached hydrogens (tertiary/aromatic N) is 2. The van der Waals surface area contributed by atoms with E-state index in [1.54, 1.807) is 23.9 Å². The van der Waals surface area contributed by atoms with Crippen molar-refractivity contribution in [2.24, 2.45) is 0 Å². The molecule has 5 nitrogen and oxygen atoms in total. The second-order valence-corrected chi connectivity index (χ2v) is 7.98. The van der Waals surface area contributed by atoms with Crippen molar-refractivity contribution in [1.82, 2.24) is 4.90 Å². The fourth-order valence-corrected chi connectivity index (χ4v) is 4.23. The number of halogens is 1. The molecule has 0 spiro atoms. The molecule has 144 valence electrons. The van der Waals surface area contributed by atoms with Crippen molar-refractivity contribution in [3.63, 3.8) is 0 Å². The highest BCUT2D eigenvalue weighted by atomic mass is 35.5. The van der Waals surface area contributed by atoms with Crippen LogP contribution in [-0.2, 0) is 16.9 Å². The number of nitro benzene ring substituents is 1. The van der Waals surface area contributed by atoms with Crippen LogP contribution >= 0.6 is 23.4 Å². The summed E-state index contributed by atoms with van der Waals surface area (Å²) in [6, 6.07) is 13.0. The number of hydrogen-bond donors (Lipinski definition) is 0. The summed E-state index contributed by atoms with van der Waals surface area (Å²) in [7, 11) is 0. The molecule has 0 unspecified atom stereocenters. The van der Waals surface area contributed by atoms with Crippen molar-refractivity contribution in [1.29, 1.82) is 0 Å². The number of benzene rings is 2. The summed E-state index contributed by atoms with van der Waals surface area (Å²) in [5, 5.41) is 11.9. The SMILES string of the molecule is O=[N+]([O-])c1ccc(SCc2ccc(Cl)cc2)c(CCCN2CCOCC2)c1. The Morgan fingerprint density at radius 3 is 2.59 bits per heavy atom. The zero-order valence-electron chi connectivity index (χ0n) is 15.1. The minimum Gasteiger partial charge on any atom is -0.379 e. The number of aryl methyl sites for hydroxylation is 1. The third-order valence-corrected chi connectivity index (χ3v) is 6.03. The van der Waals surface area contributed by atoms with Gasteiger partial charge in [0.05, 0.1) is 18.1 Å². The molecular weight excluding hydrogens is 384 g/mol. The molecule has 1 aliphatic rings. The number of ether oxygens (including phenoxy) is 1. The smallest absolute Gasteiger partial charge is 0.269 e. The van der Waals surface area contributed by atoms with Crippen LogP contribution in [0.1, 0.15) is 17.5 Å². The lowest BCUT2D eigenvalue weighted by Gasteiger charge is -2.26. The van der Waals surface area contributed by atoms with Crippen LogP contribution in [0.15, 0.2) is 47.4 Å². The molecule has 1 fully saturated rings. The zero-order valence-corrected chi connectivity index (χ0v) is 16.7. The van der Waals surface area contributed by atoms with Gasteiger partial charge in [0.2, 0.25) is 0 Å². The Bertz CT molecular complexity index is 764. The third-order valence-electron chi connectivity index (χ3n) is 4.59. The molecule has 0 N–H and O–H groups in total. The van der Waals surface area contributed by atoms with E-state index in [9.17, 15) is 10.1 Å². The topological polar surface area (TPSA) is 55.6 Å². The van der Waals surface area contributed by atoms with Crippen molar-refractivity contribution in [3.8, 4) is 0 Å². The minimum atomic E-state index is -0.320. The maximum absolute atomic E-state index is 11.2. The average molecular weight is 407 g/mol. The summed E-state index contributed by atoms with van der Waals surface area (Å²) in [6.45, 7) is 4.51. The second kappa shape index (κ2) is 10.1. The Hall–Kier alpha value is -1.60. The van der Waals surface area contributed by atoms with Crippen molar-refractivity contribution in [2.75, 3.05) is 32.8 Å². The van der Waals surface area contributed by atoms with Crippen LogP contribution < -0.4 is 0 Å². The van der Waals surface area contributed by atoms with E-state index < -0.39 is 0 Å². The summed E-state index contributed by atoms with van der Waals surface area (Å²) in [6.07, 6.45) is 1.82. The molecule has 1 saturated heterocycles. The van der Waals surface area contributed by atoms with Gasteiger partial charge in [-0.2, -0.15) is 0 Å². The standard InChI is InChI=1S/C20H23ClN2O3S/c21-18-5-3-16(4-6-18)15-27-20-8-7-19(23(24)25)14-17(20)2-1-9-22-10-12-26-13-11-22/h3-8,14H,1-2,9-13,15H2. The van der Waals surface area contributed by atoms with E-state index in [1.165, 1.54) is 5.56 Å². The number of rotatable bonds is 8. The summed E-state index contributed by atoms with van der Waals surface area (Å²) >= 11 is 7.65. The lowest BCUT2D eigenvalue weighted by atomic mass is 10.1. The van der Waals surface area contributed by atoms with E-state index in [0.717, 1.165) is 66.9 Å². The van der Waals surface area contributed by atoms with Crippen molar-refractivity contribution < 1.29 is 9.66 Å². The first-order chi connectivity index (χ1) is 13.1. The van der Waals surface area contributed by atoms with E-state index in [-0.39, 0.29) is 10.6 Å². The molecule has 0 amide bonds. The van der Waals surface area contributed by atoms with Crippen molar-refractivity contribution >= 4 is 29.1 Å². The number of nitro groups is 1. The van der Waals surface area contributed by atoms with Crippen LogP contribution in [-0.4, -0.2) is 42.7 Å². The van der Waals surface area contributed by atoms with Gasteiger partial charge in [0, 0.05) is 40.9 Å². The third kappa shape index (κ3) is 6.21. The van der Waals surface area contributed by atoms with Crippen LogP contribution in [0.2, 0.25) is 5.02 Å². The van der Waals surface area contributed by atoms with Gasteiger partial charge in [0.25, 0.3) is 5.69 Å². The highest BCUT2D eigenvalue weighted by Gasteiger charge is 2.13. The number of hydrogen-bond acceptors (Lipinski definition) is 5. The van der Waals surface area contributed by atoms with Crippen molar-refractivity contribution in [3.05, 3.63) is 68.7 Å². The molecule has 0 aromatic heterocycles. The Morgan fingerprint density at radius 2 is 1.89 bits per heavy atom. The molecule has 0 radical (unpaired) electrons. The molecule has 27 heavy (non-hydrogen) atoms. The van der Waals surface area contributed by atoms with Crippen LogP contribution in [0.3, 0.4) is 0 Å². The number of morpholine rings is 1. The van der Waals surface area contributed by atoms with Gasteiger partial charge in [-0.15, -0.1) is 11.8 Å². The summed E-state index contributed by atoms with van der Waals surface area (Å²) < 4.78 is 5.38. The zero-order chi connectivity index (χ0) is 19.1. The Kier molecular flexibility index (Phi) is 7.52. The Morgan fingerprint density at radius 1 is 1.15 bits per heavy atom. The van der Waals surface area contributed by atoms with Crippen LogP contribution in [0.25, 0.3) is 0 Å². The normalized spacial score (nSPS) is 15.0. The van der Waals surface area contributed by atoms with Gasteiger partial charge < -0.3 is 4.74 Å². The molecule has 3 rings (SSSR count). The maximum atomic E-state index is 11.2. The first-order valence-electron chi connectivity index (χ1n) is 9.06. The molecular formula is C20H23ClN2O3S. The van der Waals surface area contributed by atoms with E-state index in [4.69, 9.17) is 16.3 Å². The molecule has 2 aromatic carbocycles. The molecule has 0 aliphatic carbocycles. The van der Waals surface area contributed by atoms with Gasteiger partial charge in [-0.3, -0.25) is 15.0 Å². The monoisotopic (exact) mass is 406 g/mol. The van der Waals surface area contributed by atoms with E-state index >= 15 is 0 Å². The van der Waals surface area contributed by atoms with Crippen LogP contribution in [0.5, 0.6) is 0 Å². The highest BCUT2D eigenvalue weighted by Crippen LogP contribution is 2.30. The first-order valence-corrected chi connectivity index (χ1v) is 10.4. The summed E-state index contributed by atoms with van der Waals surface area (Å²) in [5.74, 6) is 0.811. The van der Waals surface area contributed by atoms with E-state index in [1.807, 2.05) is 30.3 Å². The predicted octanol–water partition coefficient (Wildman–Crippen LogP) is 4.81. The van der Waals surface area contributed by atoms with Gasteiger partial charge in [-0.1, -0.05) is 23.7 Å². The molecule has 0 saturated carbocycles. The maximum Gasteiger partial charge on any atom is 0.269 e. The average Bonchev–Trinajstić information content (AvgIpc) is 2.69. The number of thioether (sulfide) groups is 1. The molecule has 1 aliphatic heterocycles. The first kappa shape index (κ1) is 20.1. The Labute approximate surface area is 168 Å². The highest BCUT2D eigenvalue weighted by molar-refractivity contribution is 7.98. The largest absolute Gasteiger partial charge is 0.379 e. The lowest BCUT2D eigenvalue weighted by molar-refractivity contribution is -0.385. The molecule has 7 heteroatoms. The van der Waals surface area contributed by atoms with Gasteiger partial charge >= 0.3 is 0 Å². The fourth-order valence-electron chi connectivity index (χ4n) is 3.08. The van der Waals surface area contributed by atoms with Crippen molar-refractivity contribution in [2.45, 2.75) is 23.5 Å². The van der Waals surface area contributed by atoms with E-state index in [2.05, 4.69) is 4.90 Å². The van der Waals surface area contributed by atoms with Crippen LogP contribution in [0, 0.1) is 10.1 Å².